The van der Waals surface area contributed by atoms with Crippen LogP contribution in [0.5, 0.6) is 0 Å². The van der Waals surface area contributed by atoms with E-state index in [4.69, 9.17) is 23.2 Å². The second kappa shape index (κ2) is 8.01. The van der Waals surface area contributed by atoms with Gasteiger partial charge in [-0.3, -0.25) is 4.79 Å². The number of likely N-dealkylation sites (tertiary alicyclic amines) is 1. The van der Waals surface area contributed by atoms with E-state index in [-0.39, 0.29) is 5.91 Å². The number of anilines is 1. The molecule has 0 bridgehead atoms. The lowest BCUT2D eigenvalue weighted by Crippen LogP contribution is -2.22. The van der Waals surface area contributed by atoms with E-state index < -0.39 is 0 Å². The normalized spacial score (nSPS) is 14.9. The van der Waals surface area contributed by atoms with Crippen molar-refractivity contribution in [1.82, 2.24) is 14.7 Å². The van der Waals surface area contributed by atoms with Gasteiger partial charge in [-0.2, -0.15) is 5.10 Å². The van der Waals surface area contributed by atoms with Gasteiger partial charge in [-0.1, -0.05) is 23.2 Å². The van der Waals surface area contributed by atoms with Gasteiger partial charge in [0, 0.05) is 18.7 Å². The molecule has 1 fully saturated rings. The lowest BCUT2D eigenvalue weighted by Gasteiger charge is -2.13. The maximum atomic E-state index is 12.0. The average molecular weight is 367 g/mol. The molecular formula is C17H20Cl2N4O. The molecule has 2 heterocycles. The summed E-state index contributed by atoms with van der Waals surface area (Å²) in [7, 11) is 0. The Bertz CT molecular complexity index is 710. The van der Waals surface area contributed by atoms with Gasteiger partial charge in [0.1, 0.15) is 0 Å². The summed E-state index contributed by atoms with van der Waals surface area (Å²) >= 11 is 11.9. The number of nitrogens with zero attached hydrogens (tertiary/aromatic N) is 3. The summed E-state index contributed by atoms with van der Waals surface area (Å²) in [5.41, 5.74) is 0.791. The van der Waals surface area contributed by atoms with Crippen LogP contribution in [-0.4, -0.2) is 40.2 Å². The van der Waals surface area contributed by atoms with E-state index in [0.29, 0.717) is 22.3 Å². The molecular weight excluding hydrogens is 347 g/mol. The fourth-order valence-electron chi connectivity index (χ4n) is 2.84. The summed E-state index contributed by atoms with van der Waals surface area (Å²) in [6.45, 7) is 3.32. The first kappa shape index (κ1) is 17.3. The minimum Gasteiger partial charge on any atom is -0.309 e. The van der Waals surface area contributed by atoms with Crippen molar-refractivity contribution < 1.29 is 4.79 Å². The van der Waals surface area contributed by atoms with E-state index in [0.717, 1.165) is 31.7 Å². The molecule has 128 valence electrons. The maximum absolute atomic E-state index is 12.0. The van der Waals surface area contributed by atoms with Crippen molar-refractivity contribution in [3.63, 3.8) is 0 Å². The molecule has 0 unspecified atom stereocenters. The van der Waals surface area contributed by atoms with Crippen LogP contribution in [0.4, 0.5) is 5.82 Å². The molecule has 1 amide bonds. The van der Waals surface area contributed by atoms with Gasteiger partial charge in [0.15, 0.2) is 5.82 Å². The number of carbonyl (C=O) groups excluding carboxylic acids is 1. The molecule has 1 saturated heterocycles. The van der Waals surface area contributed by atoms with E-state index >= 15 is 0 Å². The zero-order valence-corrected chi connectivity index (χ0v) is 14.9. The SMILES string of the molecule is O=C(CCCN1CCCC1)Nc1ccn(-c2ccc(Cl)c(Cl)c2)n1. The van der Waals surface area contributed by atoms with Crippen molar-refractivity contribution in [2.75, 3.05) is 25.0 Å². The van der Waals surface area contributed by atoms with Crippen LogP contribution in [-0.2, 0) is 4.79 Å². The smallest absolute Gasteiger partial charge is 0.225 e. The van der Waals surface area contributed by atoms with E-state index in [2.05, 4.69) is 15.3 Å². The van der Waals surface area contributed by atoms with Crippen molar-refractivity contribution in [2.24, 2.45) is 0 Å². The zero-order valence-electron chi connectivity index (χ0n) is 13.3. The number of nitrogens with one attached hydrogen (secondary N) is 1. The third kappa shape index (κ3) is 4.50. The minimum atomic E-state index is -0.00594. The Morgan fingerprint density at radius 2 is 1.96 bits per heavy atom. The molecule has 0 saturated carbocycles. The highest BCUT2D eigenvalue weighted by atomic mass is 35.5. The van der Waals surface area contributed by atoms with Crippen molar-refractivity contribution in [3.8, 4) is 5.69 Å². The Hall–Kier alpha value is -1.56. The van der Waals surface area contributed by atoms with Crippen molar-refractivity contribution in [3.05, 3.63) is 40.5 Å². The topological polar surface area (TPSA) is 50.2 Å². The quantitative estimate of drug-likeness (QED) is 0.840. The number of aromatic nitrogens is 2. The number of carbonyl (C=O) groups is 1. The molecule has 1 aromatic carbocycles. The summed E-state index contributed by atoms with van der Waals surface area (Å²) in [6.07, 6.45) is 5.71. The predicted octanol–water partition coefficient (Wildman–Crippen LogP) is 3.99. The van der Waals surface area contributed by atoms with Crippen LogP contribution in [0.2, 0.25) is 10.0 Å². The molecule has 1 N–H and O–H groups in total. The Morgan fingerprint density at radius 3 is 2.71 bits per heavy atom. The van der Waals surface area contributed by atoms with Gasteiger partial charge in [0.2, 0.25) is 5.91 Å². The van der Waals surface area contributed by atoms with Crippen LogP contribution in [0, 0.1) is 0 Å². The number of hydrogen-bond donors (Lipinski definition) is 1. The first-order valence-electron chi connectivity index (χ1n) is 8.15. The molecule has 2 aromatic rings. The largest absolute Gasteiger partial charge is 0.309 e. The second-order valence-electron chi connectivity index (χ2n) is 5.94. The van der Waals surface area contributed by atoms with Gasteiger partial charge in [0.05, 0.1) is 15.7 Å². The van der Waals surface area contributed by atoms with E-state index in [9.17, 15) is 4.79 Å². The second-order valence-corrected chi connectivity index (χ2v) is 6.76. The third-order valence-electron chi connectivity index (χ3n) is 4.10. The number of benzene rings is 1. The van der Waals surface area contributed by atoms with Crippen LogP contribution in [0.3, 0.4) is 0 Å². The van der Waals surface area contributed by atoms with Gasteiger partial charge in [-0.05, 0) is 57.1 Å². The summed E-state index contributed by atoms with van der Waals surface area (Å²) in [4.78, 5) is 14.4. The first-order valence-corrected chi connectivity index (χ1v) is 8.91. The average Bonchev–Trinajstić information content (AvgIpc) is 3.22. The van der Waals surface area contributed by atoms with Gasteiger partial charge in [0.25, 0.3) is 0 Å². The molecule has 0 aliphatic carbocycles. The van der Waals surface area contributed by atoms with E-state index in [1.165, 1.54) is 12.8 Å². The summed E-state index contributed by atoms with van der Waals surface area (Å²) < 4.78 is 1.65. The highest BCUT2D eigenvalue weighted by Crippen LogP contribution is 2.24. The zero-order chi connectivity index (χ0) is 16.9. The van der Waals surface area contributed by atoms with E-state index in [1.807, 2.05) is 6.07 Å². The van der Waals surface area contributed by atoms with Gasteiger partial charge >= 0.3 is 0 Å². The van der Waals surface area contributed by atoms with Crippen molar-refractivity contribution >= 4 is 34.9 Å². The molecule has 1 aromatic heterocycles. The third-order valence-corrected chi connectivity index (χ3v) is 4.84. The number of rotatable bonds is 6. The molecule has 1 aliphatic rings. The summed E-state index contributed by atoms with van der Waals surface area (Å²) in [5, 5.41) is 8.15. The van der Waals surface area contributed by atoms with Gasteiger partial charge in [-0.25, -0.2) is 4.68 Å². The lowest BCUT2D eigenvalue weighted by molar-refractivity contribution is -0.116. The standard InChI is InChI=1S/C17H20Cl2N4O/c18-14-6-5-13(12-15(14)19)23-11-7-16(21-23)20-17(24)4-3-10-22-8-1-2-9-22/h5-7,11-12H,1-4,8-10H2,(H,20,21,24). The molecule has 3 rings (SSSR count). The number of halogens is 2. The van der Waals surface area contributed by atoms with Crippen molar-refractivity contribution in [2.45, 2.75) is 25.7 Å². The molecule has 5 nitrogen and oxygen atoms in total. The predicted molar refractivity (Wildman–Crippen MR) is 97.1 cm³/mol. The Morgan fingerprint density at radius 1 is 1.17 bits per heavy atom. The number of amides is 1. The molecule has 24 heavy (non-hydrogen) atoms. The molecule has 0 spiro atoms. The minimum absolute atomic E-state index is 0.00594. The van der Waals surface area contributed by atoms with Gasteiger partial charge < -0.3 is 10.2 Å². The Labute approximate surface area is 151 Å². The Kier molecular flexibility index (Phi) is 5.76. The highest BCUT2D eigenvalue weighted by molar-refractivity contribution is 6.42. The van der Waals surface area contributed by atoms with Crippen LogP contribution >= 0.6 is 23.2 Å². The molecule has 0 atom stereocenters. The molecule has 7 heteroatoms. The Balaban J connectivity index is 1.51. The highest BCUT2D eigenvalue weighted by Gasteiger charge is 2.12. The maximum Gasteiger partial charge on any atom is 0.225 e. The van der Waals surface area contributed by atoms with Crippen LogP contribution in [0.15, 0.2) is 30.5 Å². The van der Waals surface area contributed by atoms with E-state index in [1.54, 1.807) is 29.1 Å². The fraction of sp³-hybridized carbons (Fsp3) is 0.412. The molecule has 1 aliphatic heterocycles. The van der Waals surface area contributed by atoms with Crippen molar-refractivity contribution in [1.29, 1.82) is 0 Å². The first-order chi connectivity index (χ1) is 11.6. The van der Waals surface area contributed by atoms with Crippen LogP contribution < -0.4 is 5.32 Å². The lowest BCUT2D eigenvalue weighted by atomic mass is 10.3. The summed E-state index contributed by atoms with van der Waals surface area (Å²) in [5.74, 6) is 0.529. The van der Waals surface area contributed by atoms with Crippen LogP contribution in [0.25, 0.3) is 5.69 Å². The number of hydrogen-bond acceptors (Lipinski definition) is 3. The monoisotopic (exact) mass is 366 g/mol. The summed E-state index contributed by atoms with van der Waals surface area (Å²) in [6, 6.07) is 7.04. The fourth-order valence-corrected chi connectivity index (χ4v) is 3.13. The molecule has 0 radical (unpaired) electrons. The van der Waals surface area contributed by atoms with Crippen LogP contribution in [0.1, 0.15) is 25.7 Å². The van der Waals surface area contributed by atoms with Gasteiger partial charge in [-0.15, -0.1) is 0 Å².